The third-order valence-corrected chi connectivity index (χ3v) is 6.30. The molecule has 0 fully saturated rings. The number of aromatic carboxylic acids is 1. The second-order valence-corrected chi connectivity index (χ2v) is 7.67. The zero-order chi connectivity index (χ0) is 15.6. The summed E-state index contributed by atoms with van der Waals surface area (Å²) in [4.78, 5) is 10.6. The predicted molar refractivity (Wildman–Crippen MR) is 80.5 cm³/mol. The Bertz CT molecular complexity index is 733. The van der Waals surface area contributed by atoms with Crippen molar-refractivity contribution >= 4 is 38.7 Å². The van der Waals surface area contributed by atoms with Gasteiger partial charge in [-0.1, -0.05) is 0 Å². The van der Waals surface area contributed by atoms with Crippen molar-refractivity contribution in [2.75, 3.05) is 6.54 Å². The number of hydrogen-bond acceptors (Lipinski definition) is 6. The van der Waals surface area contributed by atoms with Crippen LogP contribution in [0.2, 0.25) is 0 Å². The van der Waals surface area contributed by atoms with E-state index < -0.39 is 22.1 Å². The number of aliphatic hydroxyl groups excluding tert-OH is 1. The van der Waals surface area contributed by atoms with Crippen molar-refractivity contribution in [3.05, 3.63) is 38.2 Å². The van der Waals surface area contributed by atoms with E-state index in [2.05, 4.69) is 4.72 Å². The van der Waals surface area contributed by atoms with E-state index in [0.717, 1.165) is 11.3 Å². The highest BCUT2D eigenvalue weighted by atomic mass is 32.2. The maximum absolute atomic E-state index is 12.2. The van der Waals surface area contributed by atoms with Gasteiger partial charge in [0, 0.05) is 6.54 Å². The molecule has 0 bridgehead atoms. The summed E-state index contributed by atoms with van der Waals surface area (Å²) in [5, 5.41) is 23.9. The number of carbonyl (C=O) groups is 1. The molecule has 0 amide bonds. The standard InChI is InChI=1S/C12H13NO5S3/c1-7-5-20-10(12(15)16)11(7)21(17,18)13-4-9(14)8-2-3-19-6-8/h2-3,5-6,9,13-14H,4H2,1H3,(H,15,16). The predicted octanol–water partition coefficient (Wildman–Crippen LogP) is 1.83. The van der Waals surface area contributed by atoms with Gasteiger partial charge >= 0.3 is 5.97 Å². The highest BCUT2D eigenvalue weighted by Crippen LogP contribution is 2.27. The third kappa shape index (κ3) is 3.50. The van der Waals surface area contributed by atoms with Crippen LogP contribution in [0.15, 0.2) is 27.1 Å². The van der Waals surface area contributed by atoms with Crippen molar-refractivity contribution in [1.29, 1.82) is 0 Å². The monoisotopic (exact) mass is 347 g/mol. The van der Waals surface area contributed by atoms with Gasteiger partial charge in [0.05, 0.1) is 6.10 Å². The van der Waals surface area contributed by atoms with E-state index in [0.29, 0.717) is 11.1 Å². The van der Waals surface area contributed by atoms with E-state index >= 15 is 0 Å². The van der Waals surface area contributed by atoms with Gasteiger partial charge in [0.15, 0.2) is 0 Å². The van der Waals surface area contributed by atoms with Crippen molar-refractivity contribution in [2.45, 2.75) is 17.9 Å². The Balaban J connectivity index is 2.20. The molecule has 9 heteroatoms. The van der Waals surface area contributed by atoms with Gasteiger partial charge in [-0.25, -0.2) is 17.9 Å². The summed E-state index contributed by atoms with van der Waals surface area (Å²) in [6, 6.07) is 1.70. The van der Waals surface area contributed by atoms with E-state index in [1.54, 1.807) is 16.8 Å². The zero-order valence-electron chi connectivity index (χ0n) is 10.9. The van der Waals surface area contributed by atoms with Crippen LogP contribution in [-0.2, 0) is 10.0 Å². The first-order valence-electron chi connectivity index (χ1n) is 5.84. The van der Waals surface area contributed by atoms with E-state index in [-0.39, 0.29) is 16.3 Å². The molecular formula is C12H13NO5S3. The van der Waals surface area contributed by atoms with Crippen molar-refractivity contribution in [3.8, 4) is 0 Å². The molecule has 2 aromatic rings. The van der Waals surface area contributed by atoms with Crippen LogP contribution in [0.1, 0.15) is 26.9 Å². The highest BCUT2D eigenvalue weighted by molar-refractivity contribution is 7.89. The summed E-state index contributed by atoms with van der Waals surface area (Å²) in [6.45, 7) is 1.32. The normalized spacial score (nSPS) is 13.2. The molecule has 0 aliphatic carbocycles. The minimum absolute atomic E-state index is 0.215. The molecule has 114 valence electrons. The molecule has 0 radical (unpaired) electrons. The molecule has 0 spiro atoms. The first-order chi connectivity index (χ1) is 9.83. The maximum Gasteiger partial charge on any atom is 0.347 e. The van der Waals surface area contributed by atoms with E-state index in [4.69, 9.17) is 5.11 Å². The van der Waals surface area contributed by atoms with Gasteiger partial charge in [-0.05, 0) is 40.3 Å². The van der Waals surface area contributed by atoms with Crippen molar-refractivity contribution in [3.63, 3.8) is 0 Å². The number of rotatable bonds is 6. The lowest BCUT2D eigenvalue weighted by Crippen LogP contribution is -2.29. The van der Waals surface area contributed by atoms with Crippen LogP contribution in [0, 0.1) is 6.92 Å². The smallest absolute Gasteiger partial charge is 0.347 e. The molecule has 2 heterocycles. The summed E-state index contributed by atoms with van der Waals surface area (Å²) in [5.41, 5.74) is 0.984. The Morgan fingerprint density at radius 1 is 1.43 bits per heavy atom. The summed E-state index contributed by atoms with van der Waals surface area (Å²) >= 11 is 2.26. The quantitative estimate of drug-likeness (QED) is 0.739. The fourth-order valence-electron chi connectivity index (χ4n) is 1.76. The lowest BCUT2D eigenvalue weighted by atomic mass is 10.2. The van der Waals surface area contributed by atoms with Crippen molar-refractivity contribution in [2.24, 2.45) is 0 Å². The van der Waals surface area contributed by atoms with Crippen LogP contribution >= 0.6 is 22.7 Å². The Hall–Kier alpha value is -1.26. The van der Waals surface area contributed by atoms with Crippen LogP contribution in [0.4, 0.5) is 0 Å². The van der Waals surface area contributed by atoms with Gasteiger partial charge in [-0.2, -0.15) is 11.3 Å². The average molecular weight is 347 g/mol. The van der Waals surface area contributed by atoms with Gasteiger partial charge in [0.2, 0.25) is 10.0 Å². The summed E-state index contributed by atoms with van der Waals surface area (Å²) < 4.78 is 26.7. The van der Waals surface area contributed by atoms with Crippen LogP contribution < -0.4 is 4.72 Å². The largest absolute Gasteiger partial charge is 0.477 e. The molecule has 0 saturated heterocycles. The number of thiophene rings is 2. The highest BCUT2D eigenvalue weighted by Gasteiger charge is 2.27. The van der Waals surface area contributed by atoms with Gasteiger partial charge in [0.25, 0.3) is 0 Å². The van der Waals surface area contributed by atoms with Gasteiger partial charge in [-0.3, -0.25) is 0 Å². The first kappa shape index (κ1) is 16.1. The summed E-state index contributed by atoms with van der Waals surface area (Å²) in [7, 11) is -3.99. The summed E-state index contributed by atoms with van der Waals surface area (Å²) in [5.74, 6) is -1.29. The van der Waals surface area contributed by atoms with Crippen LogP contribution in [0.25, 0.3) is 0 Å². The Morgan fingerprint density at radius 2 is 2.14 bits per heavy atom. The minimum atomic E-state index is -3.99. The molecule has 0 saturated carbocycles. The number of sulfonamides is 1. The Kier molecular flexibility index (Phi) is 4.79. The number of nitrogens with one attached hydrogen (secondary N) is 1. The van der Waals surface area contributed by atoms with Crippen LogP contribution in [0.3, 0.4) is 0 Å². The fourth-order valence-corrected chi connectivity index (χ4v) is 5.13. The number of aliphatic hydroxyl groups is 1. The molecule has 0 aromatic carbocycles. The number of carboxylic acid groups (broad SMARTS) is 1. The molecule has 2 aromatic heterocycles. The number of carboxylic acids is 1. The molecule has 1 atom stereocenters. The first-order valence-corrected chi connectivity index (χ1v) is 9.14. The molecule has 1 unspecified atom stereocenters. The fraction of sp³-hybridized carbons (Fsp3) is 0.250. The maximum atomic E-state index is 12.2. The minimum Gasteiger partial charge on any atom is -0.477 e. The molecule has 2 rings (SSSR count). The van der Waals surface area contributed by atoms with E-state index in [1.807, 2.05) is 0 Å². The molecule has 0 aliphatic rings. The van der Waals surface area contributed by atoms with Gasteiger partial charge in [0.1, 0.15) is 9.77 Å². The third-order valence-electron chi connectivity index (χ3n) is 2.78. The molecule has 21 heavy (non-hydrogen) atoms. The van der Waals surface area contributed by atoms with Crippen LogP contribution in [0.5, 0.6) is 0 Å². The second kappa shape index (κ2) is 6.24. The topological polar surface area (TPSA) is 104 Å². The molecule has 6 nitrogen and oxygen atoms in total. The lowest BCUT2D eigenvalue weighted by molar-refractivity contribution is 0.0698. The Labute approximate surface area is 129 Å². The molecule has 3 N–H and O–H groups in total. The van der Waals surface area contributed by atoms with E-state index in [1.165, 1.54) is 23.6 Å². The van der Waals surface area contributed by atoms with Crippen LogP contribution in [-0.4, -0.2) is 31.1 Å². The van der Waals surface area contributed by atoms with Gasteiger partial charge in [-0.15, -0.1) is 11.3 Å². The molecule has 0 aliphatic heterocycles. The van der Waals surface area contributed by atoms with Crippen molar-refractivity contribution < 1.29 is 23.4 Å². The lowest BCUT2D eigenvalue weighted by Gasteiger charge is -2.11. The van der Waals surface area contributed by atoms with Gasteiger partial charge < -0.3 is 10.2 Å². The average Bonchev–Trinajstić information content (AvgIpc) is 3.04. The SMILES string of the molecule is Cc1csc(C(=O)O)c1S(=O)(=O)NCC(O)c1ccsc1. The Morgan fingerprint density at radius 3 is 2.71 bits per heavy atom. The van der Waals surface area contributed by atoms with E-state index in [9.17, 15) is 18.3 Å². The second-order valence-electron chi connectivity index (χ2n) is 4.31. The molecular weight excluding hydrogens is 334 g/mol. The zero-order valence-corrected chi connectivity index (χ0v) is 13.4. The number of hydrogen-bond donors (Lipinski definition) is 3. The summed E-state index contributed by atoms with van der Waals surface area (Å²) in [6.07, 6.45) is -0.974. The number of aryl methyl sites for hydroxylation is 1. The van der Waals surface area contributed by atoms with Crippen molar-refractivity contribution in [1.82, 2.24) is 4.72 Å².